The third-order valence-corrected chi connectivity index (χ3v) is 5.14. The van der Waals surface area contributed by atoms with E-state index in [-0.39, 0.29) is 31.2 Å². The molecule has 0 aromatic rings. The zero-order valence-electron chi connectivity index (χ0n) is 10.7. The molecule has 0 spiro atoms. The molecule has 19 heavy (non-hydrogen) atoms. The van der Waals surface area contributed by atoms with Crippen molar-refractivity contribution >= 4 is 21.9 Å². The van der Waals surface area contributed by atoms with Crippen molar-refractivity contribution < 1.29 is 23.1 Å². The first-order chi connectivity index (χ1) is 8.83. The predicted octanol–water partition coefficient (Wildman–Crippen LogP) is -0.0891. The highest BCUT2D eigenvalue weighted by Gasteiger charge is 2.32. The second kappa shape index (κ2) is 6.85. The number of carboxylic acid groups (broad SMARTS) is 1. The largest absolute Gasteiger partial charge is 0.481 e. The third-order valence-electron chi connectivity index (χ3n) is 3.19. The van der Waals surface area contributed by atoms with Crippen LogP contribution in [0.4, 0.5) is 0 Å². The van der Waals surface area contributed by atoms with E-state index in [1.807, 2.05) is 0 Å². The number of carbonyl (C=O) groups is 2. The standard InChI is InChI=1S/C11H20N2O5S/c12-10(14)8-13(9-4-1-2-5-9)19(17,18)7-3-6-11(15)16/h9H,1-8H2,(H2,12,14)(H,15,16). The number of hydrogen-bond donors (Lipinski definition) is 2. The van der Waals surface area contributed by atoms with Gasteiger partial charge in [0.25, 0.3) is 0 Å². The summed E-state index contributed by atoms with van der Waals surface area (Å²) >= 11 is 0. The van der Waals surface area contributed by atoms with Gasteiger partial charge in [0.05, 0.1) is 12.3 Å². The lowest BCUT2D eigenvalue weighted by Crippen LogP contribution is -2.45. The van der Waals surface area contributed by atoms with Gasteiger partial charge in [0.15, 0.2) is 0 Å². The van der Waals surface area contributed by atoms with Gasteiger partial charge >= 0.3 is 5.97 Å². The molecule has 0 bridgehead atoms. The minimum atomic E-state index is -3.63. The van der Waals surface area contributed by atoms with Gasteiger partial charge in [0.1, 0.15) is 0 Å². The molecule has 0 aromatic carbocycles. The average Bonchev–Trinajstić information content (AvgIpc) is 2.77. The Morgan fingerprint density at radius 3 is 2.32 bits per heavy atom. The molecule has 0 radical (unpaired) electrons. The van der Waals surface area contributed by atoms with Crippen molar-refractivity contribution in [1.82, 2.24) is 4.31 Å². The first kappa shape index (κ1) is 15.9. The lowest BCUT2D eigenvalue weighted by Gasteiger charge is -2.26. The fraction of sp³-hybridized carbons (Fsp3) is 0.818. The lowest BCUT2D eigenvalue weighted by molar-refractivity contribution is -0.137. The number of carbonyl (C=O) groups excluding carboxylic acids is 1. The average molecular weight is 292 g/mol. The van der Waals surface area contributed by atoms with E-state index < -0.39 is 21.9 Å². The Balaban J connectivity index is 2.70. The van der Waals surface area contributed by atoms with Gasteiger partial charge in [-0.1, -0.05) is 12.8 Å². The summed E-state index contributed by atoms with van der Waals surface area (Å²) in [6.45, 7) is -0.319. The second-order valence-electron chi connectivity index (χ2n) is 4.76. The summed E-state index contributed by atoms with van der Waals surface area (Å²) in [7, 11) is -3.63. The van der Waals surface area contributed by atoms with Crippen molar-refractivity contribution in [3.63, 3.8) is 0 Å². The van der Waals surface area contributed by atoms with Crippen LogP contribution in [0.2, 0.25) is 0 Å². The van der Waals surface area contributed by atoms with Crippen LogP contribution in [-0.4, -0.2) is 48.0 Å². The molecule has 1 rings (SSSR count). The molecule has 1 amide bonds. The Hall–Kier alpha value is -1.15. The van der Waals surface area contributed by atoms with E-state index in [2.05, 4.69) is 0 Å². The van der Waals surface area contributed by atoms with Crippen molar-refractivity contribution in [1.29, 1.82) is 0 Å². The van der Waals surface area contributed by atoms with Gasteiger partial charge in [-0.15, -0.1) is 0 Å². The van der Waals surface area contributed by atoms with Crippen molar-refractivity contribution in [3.8, 4) is 0 Å². The molecule has 0 unspecified atom stereocenters. The van der Waals surface area contributed by atoms with Crippen LogP contribution in [0.15, 0.2) is 0 Å². The van der Waals surface area contributed by atoms with Crippen molar-refractivity contribution in [3.05, 3.63) is 0 Å². The Morgan fingerprint density at radius 2 is 1.84 bits per heavy atom. The van der Waals surface area contributed by atoms with Crippen LogP contribution in [0.1, 0.15) is 38.5 Å². The minimum absolute atomic E-state index is 0.0413. The first-order valence-corrected chi connectivity index (χ1v) is 7.93. The van der Waals surface area contributed by atoms with E-state index in [9.17, 15) is 18.0 Å². The van der Waals surface area contributed by atoms with Crippen LogP contribution < -0.4 is 5.73 Å². The van der Waals surface area contributed by atoms with Crippen LogP contribution in [-0.2, 0) is 19.6 Å². The first-order valence-electron chi connectivity index (χ1n) is 6.32. The minimum Gasteiger partial charge on any atom is -0.481 e. The Bertz CT molecular complexity index is 428. The molecular weight excluding hydrogens is 272 g/mol. The number of nitrogens with zero attached hydrogens (tertiary/aromatic N) is 1. The monoisotopic (exact) mass is 292 g/mol. The Labute approximate surface area is 112 Å². The fourth-order valence-electron chi connectivity index (χ4n) is 2.32. The molecule has 0 heterocycles. The van der Waals surface area contributed by atoms with Crippen LogP contribution in [0.25, 0.3) is 0 Å². The quantitative estimate of drug-likeness (QED) is 0.648. The summed E-state index contributed by atoms with van der Waals surface area (Å²) in [6.07, 6.45) is 3.17. The molecule has 0 aliphatic heterocycles. The second-order valence-corrected chi connectivity index (χ2v) is 6.80. The van der Waals surface area contributed by atoms with E-state index in [0.29, 0.717) is 0 Å². The van der Waals surface area contributed by atoms with Gasteiger partial charge in [-0.25, -0.2) is 8.42 Å². The third kappa shape index (κ3) is 5.15. The number of hydrogen-bond acceptors (Lipinski definition) is 4. The number of aliphatic carboxylic acids is 1. The van der Waals surface area contributed by atoms with Gasteiger partial charge in [-0.05, 0) is 19.3 Å². The zero-order chi connectivity index (χ0) is 14.5. The van der Waals surface area contributed by atoms with Crippen LogP contribution in [0, 0.1) is 0 Å². The highest BCUT2D eigenvalue weighted by molar-refractivity contribution is 7.89. The number of rotatable bonds is 8. The molecule has 0 aromatic heterocycles. The van der Waals surface area contributed by atoms with Crippen LogP contribution in [0.5, 0.6) is 0 Å². The van der Waals surface area contributed by atoms with Gasteiger partial charge in [-0.3, -0.25) is 9.59 Å². The van der Waals surface area contributed by atoms with E-state index in [1.54, 1.807) is 0 Å². The molecule has 0 atom stereocenters. The maximum absolute atomic E-state index is 12.2. The summed E-state index contributed by atoms with van der Waals surface area (Å²) in [4.78, 5) is 21.4. The zero-order valence-corrected chi connectivity index (χ0v) is 11.6. The predicted molar refractivity (Wildman–Crippen MR) is 68.8 cm³/mol. The molecule has 1 saturated carbocycles. The summed E-state index contributed by atoms with van der Waals surface area (Å²) < 4.78 is 25.5. The van der Waals surface area contributed by atoms with E-state index in [0.717, 1.165) is 30.0 Å². The molecule has 8 heteroatoms. The van der Waals surface area contributed by atoms with Crippen molar-refractivity contribution in [2.45, 2.75) is 44.6 Å². The summed E-state index contributed by atoms with van der Waals surface area (Å²) in [5, 5.41) is 8.52. The molecule has 1 aliphatic carbocycles. The Morgan fingerprint density at radius 1 is 1.26 bits per heavy atom. The summed E-state index contributed by atoms with van der Waals surface area (Å²) in [5.74, 6) is -1.98. The van der Waals surface area contributed by atoms with E-state index >= 15 is 0 Å². The molecule has 7 nitrogen and oxygen atoms in total. The summed E-state index contributed by atoms with van der Waals surface area (Å²) in [6, 6.07) is -0.178. The molecule has 1 fully saturated rings. The molecule has 0 saturated heterocycles. The highest BCUT2D eigenvalue weighted by atomic mass is 32.2. The van der Waals surface area contributed by atoms with Crippen LogP contribution in [0.3, 0.4) is 0 Å². The van der Waals surface area contributed by atoms with Gasteiger partial charge < -0.3 is 10.8 Å². The molecule has 1 aliphatic rings. The normalized spacial score (nSPS) is 16.9. The van der Waals surface area contributed by atoms with Crippen molar-refractivity contribution in [2.75, 3.05) is 12.3 Å². The van der Waals surface area contributed by atoms with Gasteiger partial charge in [-0.2, -0.15) is 4.31 Å². The number of primary amides is 1. The summed E-state index contributed by atoms with van der Waals surface area (Å²) in [5.41, 5.74) is 5.10. The highest BCUT2D eigenvalue weighted by Crippen LogP contribution is 2.25. The lowest BCUT2D eigenvalue weighted by atomic mass is 10.2. The van der Waals surface area contributed by atoms with Crippen molar-refractivity contribution in [2.24, 2.45) is 5.73 Å². The number of amides is 1. The topological polar surface area (TPSA) is 118 Å². The molecule has 3 N–H and O–H groups in total. The van der Waals surface area contributed by atoms with E-state index in [4.69, 9.17) is 10.8 Å². The Kier molecular flexibility index (Phi) is 5.74. The number of nitrogens with two attached hydrogens (primary N) is 1. The van der Waals surface area contributed by atoms with Gasteiger partial charge in [0.2, 0.25) is 15.9 Å². The maximum atomic E-state index is 12.2. The SMILES string of the molecule is NC(=O)CN(C1CCCC1)S(=O)(=O)CCCC(=O)O. The molecule has 110 valence electrons. The number of sulfonamides is 1. The molecular formula is C11H20N2O5S. The van der Waals surface area contributed by atoms with E-state index in [1.165, 1.54) is 0 Å². The van der Waals surface area contributed by atoms with Gasteiger partial charge in [0, 0.05) is 12.5 Å². The smallest absolute Gasteiger partial charge is 0.303 e. The maximum Gasteiger partial charge on any atom is 0.303 e. The number of carboxylic acids is 1. The van der Waals surface area contributed by atoms with Crippen LogP contribution >= 0.6 is 0 Å². The fourth-order valence-corrected chi connectivity index (χ4v) is 4.06.